The average Bonchev–Trinajstić information content (AvgIpc) is 3.30. The summed E-state index contributed by atoms with van der Waals surface area (Å²) in [7, 11) is 0. The maximum absolute atomic E-state index is 10.5. The van der Waals surface area contributed by atoms with Gasteiger partial charge in [-0.15, -0.1) is 0 Å². The fraction of sp³-hybridized carbons (Fsp3) is 0.886. The van der Waals surface area contributed by atoms with Crippen LogP contribution in [0, 0.1) is 52.3 Å². The van der Waals surface area contributed by atoms with Gasteiger partial charge in [-0.2, -0.15) is 0 Å². The second kappa shape index (κ2) is 12.3. The molecule has 4 fully saturated rings. The third-order valence-electron chi connectivity index (χ3n) is 12.9. The van der Waals surface area contributed by atoms with E-state index < -0.39 is 37.3 Å². The molecule has 234 valence electrons. The zero-order chi connectivity index (χ0) is 29.7. The highest BCUT2D eigenvalue weighted by Gasteiger charge is 2.59. The Morgan fingerprint density at radius 2 is 1.73 bits per heavy atom. The zero-order valence-electron chi connectivity index (χ0n) is 26.4. The summed E-state index contributed by atoms with van der Waals surface area (Å²) in [6.45, 7) is 14.2. The summed E-state index contributed by atoms with van der Waals surface area (Å²) in [5.41, 5.74) is 2.11. The highest BCUT2D eigenvalue weighted by molar-refractivity contribution is 5.25. The SMILES string of the molecule is CCC(/C=C/C(C)C1CCC2C3CC=C4CC(OC5OC(CO)C(O)C(O)C5O)CCC4(C)C3CCC12C)C(C)C. The summed E-state index contributed by atoms with van der Waals surface area (Å²) in [6.07, 6.45) is 11.9. The number of aliphatic hydroxyl groups excluding tert-OH is 4. The van der Waals surface area contributed by atoms with E-state index in [4.69, 9.17) is 9.47 Å². The lowest BCUT2D eigenvalue weighted by Gasteiger charge is -2.58. The molecule has 0 spiro atoms. The molecule has 14 atom stereocenters. The standard InChI is InChI=1S/C35H58O6/c1-7-22(20(2)3)9-8-21(4)26-12-13-27-25-11-10-23-18-24(14-16-34(23,5)28(25)15-17-35(26,27)6)40-33-32(39)31(38)30(37)29(19-36)41-33/h8-10,20-22,24-33,36-39H,7,11-19H2,1-6H3/b9-8+. The molecule has 5 rings (SSSR count). The molecule has 0 aromatic carbocycles. The van der Waals surface area contributed by atoms with Gasteiger partial charge >= 0.3 is 0 Å². The van der Waals surface area contributed by atoms with Crippen molar-refractivity contribution < 1.29 is 29.9 Å². The predicted molar refractivity (Wildman–Crippen MR) is 161 cm³/mol. The van der Waals surface area contributed by atoms with Gasteiger partial charge in [-0.3, -0.25) is 0 Å². The monoisotopic (exact) mass is 574 g/mol. The van der Waals surface area contributed by atoms with E-state index in [0.29, 0.717) is 29.1 Å². The molecule has 0 radical (unpaired) electrons. The van der Waals surface area contributed by atoms with Crippen LogP contribution in [0.2, 0.25) is 0 Å². The van der Waals surface area contributed by atoms with E-state index in [0.717, 1.165) is 43.4 Å². The van der Waals surface area contributed by atoms with Gasteiger partial charge in [0.15, 0.2) is 6.29 Å². The van der Waals surface area contributed by atoms with Crippen LogP contribution in [-0.2, 0) is 9.47 Å². The second-order valence-corrected chi connectivity index (χ2v) is 15.2. The Morgan fingerprint density at radius 3 is 2.41 bits per heavy atom. The predicted octanol–water partition coefficient (Wildman–Crippen LogP) is 5.63. The Bertz CT molecular complexity index is 960. The van der Waals surface area contributed by atoms with Crippen LogP contribution in [0.4, 0.5) is 0 Å². The van der Waals surface area contributed by atoms with Crippen molar-refractivity contribution in [2.24, 2.45) is 52.3 Å². The molecule has 0 aromatic rings. The normalized spacial score (nSPS) is 47.9. The lowest BCUT2D eigenvalue weighted by atomic mass is 9.47. The molecule has 41 heavy (non-hydrogen) atoms. The van der Waals surface area contributed by atoms with Crippen molar-refractivity contribution >= 4 is 0 Å². The van der Waals surface area contributed by atoms with Gasteiger partial charge in [0.05, 0.1) is 12.7 Å². The smallest absolute Gasteiger partial charge is 0.186 e. The van der Waals surface area contributed by atoms with Gasteiger partial charge in [-0.25, -0.2) is 0 Å². The molecule has 1 aliphatic heterocycles. The van der Waals surface area contributed by atoms with E-state index in [2.05, 4.69) is 59.8 Å². The van der Waals surface area contributed by atoms with Gasteiger partial charge in [0, 0.05) is 0 Å². The third-order valence-corrected chi connectivity index (χ3v) is 12.9. The minimum Gasteiger partial charge on any atom is -0.394 e. The molecule has 1 heterocycles. The van der Waals surface area contributed by atoms with Crippen molar-refractivity contribution in [3.63, 3.8) is 0 Å². The largest absolute Gasteiger partial charge is 0.394 e. The van der Waals surface area contributed by atoms with Crippen molar-refractivity contribution in [2.45, 2.75) is 136 Å². The lowest BCUT2D eigenvalue weighted by molar-refractivity contribution is -0.313. The number of fused-ring (bicyclic) bond motifs is 5. The first-order valence-corrected chi connectivity index (χ1v) is 16.8. The highest BCUT2D eigenvalue weighted by Crippen LogP contribution is 2.67. The topological polar surface area (TPSA) is 99.4 Å². The van der Waals surface area contributed by atoms with Gasteiger partial charge in [0.1, 0.15) is 24.4 Å². The lowest BCUT2D eigenvalue weighted by Crippen LogP contribution is -2.60. The van der Waals surface area contributed by atoms with Crippen LogP contribution in [-0.4, -0.2) is 63.8 Å². The Labute approximate surface area is 248 Å². The van der Waals surface area contributed by atoms with Gasteiger partial charge in [-0.05, 0) is 110 Å². The molecule has 6 nitrogen and oxygen atoms in total. The quantitative estimate of drug-likeness (QED) is 0.281. The van der Waals surface area contributed by atoms with Gasteiger partial charge in [0.2, 0.25) is 0 Å². The van der Waals surface area contributed by atoms with Crippen LogP contribution in [0.15, 0.2) is 23.8 Å². The molecule has 4 aliphatic carbocycles. The number of allylic oxidation sites excluding steroid dienone is 3. The number of hydrogen-bond donors (Lipinski definition) is 4. The molecule has 0 bridgehead atoms. The van der Waals surface area contributed by atoms with Crippen molar-refractivity contribution in [2.75, 3.05) is 6.61 Å². The summed E-state index contributed by atoms with van der Waals surface area (Å²) >= 11 is 0. The van der Waals surface area contributed by atoms with Crippen LogP contribution >= 0.6 is 0 Å². The van der Waals surface area contributed by atoms with Crippen LogP contribution in [0.3, 0.4) is 0 Å². The Balaban J connectivity index is 1.26. The van der Waals surface area contributed by atoms with E-state index in [9.17, 15) is 20.4 Å². The van der Waals surface area contributed by atoms with E-state index in [1.807, 2.05) is 0 Å². The van der Waals surface area contributed by atoms with E-state index in [1.54, 1.807) is 0 Å². The molecular weight excluding hydrogens is 516 g/mol. The molecule has 0 aromatic heterocycles. The van der Waals surface area contributed by atoms with E-state index in [-0.39, 0.29) is 11.5 Å². The maximum Gasteiger partial charge on any atom is 0.186 e. The third kappa shape index (κ3) is 5.64. The Kier molecular flexibility index (Phi) is 9.51. The molecule has 4 N–H and O–H groups in total. The molecule has 3 saturated carbocycles. The van der Waals surface area contributed by atoms with Crippen LogP contribution in [0.5, 0.6) is 0 Å². The Hall–Kier alpha value is -0.760. The van der Waals surface area contributed by atoms with Crippen molar-refractivity contribution in [1.82, 2.24) is 0 Å². The van der Waals surface area contributed by atoms with Gasteiger partial charge < -0.3 is 29.9 Å². The van der Waals surface area contributed by atoms with Crippen molar-refractivity contribution in [1.29, 1.82) is 0 Å². The molecular formula is C35H58O6. The number of hydrogen-bond acceptors (Lipinski definition) is 6. The first-order chi connectivity index (χ1) is 19.4. The molecule has 0 amide bonds. The summed E-state index contributed by atoms with van der Waals surface area (Å²) in [4.78, 5) is 0. The summed E-state index contributed by atoms with van der Waals surface area (Å²) < 4.78 is 11.9. The Morgan fingerprint density at radius 1 is 0.976 bits per heavy atom. The number of rotatable bonds is 8. The summed E-state index contributed by atoms with van der Waals surface area (Å²) in [5, 5.41) is 40.4. The highest BCUT2D eigenvalue weighted by atomic mass is 16.7. The van der Waals surface area contributed by atoms with E-state index >= 15 is 0 Å². The zero-order valence-corrected chi connectivity index (χ0v) is 26.4. The van der Waals surface area contributed by atoms with Crippen molar-refractivity contribution in [3.05, 3.63) is 23.8 Å². The number of ether oxygens (including phenoxy) is 2. The van der Waals surface area contributed by atoms with Crippen molar-refractivity contribution in [3.8, 4) is 0 Å². The fourth-order valence-electron chi connectivity index (χ4n) is 10.3. The molecule has 6 heteroatoms. The fourth-order valence-corrected chi connectivity index (χ4v) is 10.3. The minimum absolute atomic E-state index is 0.109. The summed E-state index contributed by atoms with van der Waals surface area (Å²) in [5.74, 6) is 5.05. The minimum atomic E-state index is -1.40. The van der Waals surface area contributed by atoms with Crippen LogP contribution < -0.4 is 0 Å². The maximum atomic E-state index is 10.5. The average molecular weight is 575 g/mol. The second-order valence-electron chi connectivity index (χ2n) is 15.2. The first-order valence-electron chi connectivity index (χ1n) is 16.8. The molecule has 14 unspecified atom stereocenters. The molecule has 1 saturated heterocycles. The first kappa shape index (κ1) is 31.7. The molecule has 5 aliphatic rings. The van der Waals surface area contributed by atoms with Gasteiger partial charge in [0.25, 0.3) is 0 Å². The van der Waals surface area contributed by atoms with Crippen LogP contribution in [0.1, 0.15) is 99.3 Å². The summed E-state index contributed by atoms with van der Waals surface area (Å²) in [6, 6.07) is 0. The number of aliphatic hydroxyl groups is 4. The van der Waals surface area contributed by atoms with Crippen LogP contribution in [0.25, 0.3) is 0 Å². The van der Waals surface area contributed by atoms with Gasteiger partial charge in [-0.1, -0.05) is 65.3 Å². The van der Waals surface area contributed by atoms with E-state index in [1.165, 1.54) is 37.7 Å².